The molecule has 0 spiro atoms. The highest BCUT2D eigenvalue weighted by atomic mass is 16.4. The van der Waals surface area contributed by atoms with Crippen LogP contribution in [0.25, 0.3) is 0 Å². The van der Waals surface area contributed by atoms with E-state index in [1.807, 2.05) is 26.0 Å². The van der Waals surface area contributed by atoms with Crippen molar-refractivity contribution in [2.24, 2.45) is 10.9 Å². The molecule has 1 heterocycles. The number of rotatable bonds is 3. The van der Waals surface area contributed by atoms with Crippen molar-refractivity contribution < 1.29 is 10.0 Å². The Bertz CT molecular complexity index is 675. The van der Waals surface area contributed by atoms with E-state index < -0.39 is 0 Å². The number of hydrogen-bond acceptors (Lipinski definition) is 4. The molecule has 20 heavy (non-hydrogen) atoms. The number of aromatic amines is 1. The molecule has 5 N–H and O–H groups in total. The highest BCUT2D eigenvalue weighted by molar-refractivity contribution is 6.09. The minimum atomic E-state index is -0.293. The molecule has 1 aromatic carbocycles. The highest BCUT2D eigenvalue weighted by Crippen LogP contribution is 2.15. The average Bonchev–Trinajstić information content (AvgIpc) is 2.85. The summed E-state index contributed by atoms with van der Waals surface area (Å²) in [7, 11) is 0. The van der Waals surface area contributed by atoms with Crippen LogP contribution in [0.2, 0.25) is 0 Å². The van der Waals surface area contributed by atoms with Crippen molar-refractivity contribution in [2.45, 2.75) is 13.8 Å². The summed E-state index contributed by atoms with van der Waals surface area (Å²) in [5.74, 6) is -0.140. The van der Waals surface area contributed by atoms with E-state index in [0.29, 0.717) is 11.1 Å². The molecule has 7 heteroatoms. The minimum Gasteiger partial charge on any atom is -0.409 e. The maximum Gasteiger partial charge on any atom is 0.257 e. The zero-order valence-electron chi connectivity index (χ0n) is 11.1. The van der Waals surface area contributed by atoms with E-state index in [-0.39, 0.29) is 17.6 Å². The molecule has 0 aliphatic rings. The number of carbonyl (C=O) groups is 1. The number of nitrogens with one attached hydrogen (secondary N) is 2. The number of nitrogens with zero attached hydrogens (tertiary/aromatic N) is 2. The highest BCUT2D eigenvalue weighted by Gasteiger charge is 2.15. The van der Waals surface area contributed by atoms with Gasteiger partial charge in [0.1, 0.15) is 5.82 Å². The summed E-state index contributed by atoms with van der Waals surface area (Å²) >= 11 is 0. The molecule has 0 radical (unpaired) electrons. The number of oxime groups is 1. The predicted octanol–water partition coefficient (Wildman–Crippen LogP) is 1.37. The molecule has 0 bridgehead atoms. The zero-order valence-corrected chi connectivity index (χ0v) is 11.1. The molecule has 2 aromatic rings. The third-order valence-corrected chi connectivity index (χ3v) is 2.89. The second kappa shape index (κ2) is 5.43. The first-order chi connectivity index (χ1) is 9.52. The lowest BCUT2D eigenvalue weighted by Gasteiger charge is -2.08. The zero-order chi connectivity index (χ0) is 14.7. The molecule has 0 unspecified atom stereocenters. The number of amides is 1. The van der Waals surface area contributed by atoms with Crippen LogP contribution in [0.5, 0.6) is 0 Å². The number of amidine groups is 1. The van der Waals surface area contributed by atoms with Gasteiger partial charge in [0.2, 0.25) is 0 Å². The van der Waals surface area contributed by atoms with E-state index in [1.165, 1.54) is 6.20 Å². The Morgan fingerprint density at radius 1 is 1.40 bits per heavy atom. The molecule has 104 valence electrons. The van der Waals surface area contributed by atoms with Crippen LogP contribution < -0.4 is 11.1 Å². The Morgan fingerprint density at radius 3 is 2.80 bits per heavy atom. The van der Waals surface area contributed by atoms with Crippen molar-refractivity contribution in [3.63, 3.8) is 0 Å². The Kier molecular flexibility index (Phi) is 3.69. The van der Waals surface area contributed by atoms with Crippen molar-refractivity contribution in [1.29, 1.82) is 0 Å². The third kappa shape index (κ3) is 2.61. The molecule has 2 rings (SSSR count). The molecule has 0 saturated carbocycles. The molecule has 1 aromatic heterocycles. The normalized spacial score (nSPS) is 11.4. The van der Waals surface area contributed by atoms with E-state index in [1.54, 1.807) is 6.07 Å². The number of aryl methyl sites for hydroxylation is 2. The smallest absolute Gasteiger partial charge is 0.257 e. The number of aromatic nitrogens is 2. The summed E-state index contributed by atoms with van der Waals surface area (Å²) in [6.45, 7) is 3.82. The SMILES string of the molecule is Cc1ccc(C(=O)Nc2[nH]ncc2C(N)=NO)c(C)c1. The van der Waals surface area contributed by atoms with Crippen LogP contribution in [0.15, 0.2) is 29.6 Å². The molecular formula is C13H15N5O2. The van der Waals surface area contributed by atoms with Crippen molar-refractivity contribution in [1.82, 2.24) is 10.2 Å². The van der Waals surface area contributed by atoms with Crippen molar-refractivity contribution >= 4 is 17.6 Å². The molecule has 1 amide bonds. The Morgan fingerprint density at radius 2 is 2.15 bits per heavy atom. The number of nitrogens with two attached hydrogens (primary N) is 1. The van der Waals surface area contributed by atoms with Gasteiger partial charge in [-0.05, 0) is 25.5 Å². The topological polar surface area (TPSA) is 116 Å². The monoisotopic (exact) mass is 273 g/mol. The molecular weight excluding hydrogens is 258 g/mol. The van der Waals surface area contributed by atoms with Crippen molar-refractivity contribution in [3.05, 3.63) is 46.6 Å². The van der Waals surface area contributed by atoms with Crippen LogP contribution in [0.3, 0.4) is 0 Å². The van der Waals surface area contributed by atoms with E-state index in [2.05, 4.69) is 20.7 Å². The van der Waals surface area contributed by atoms with Gasteiger partial charge in [0.05, 0.1) is 11.8 Å². The van der Waals surface area contributed by atoms with Crippen LogP contribution in [-0.4, -0.2) is 27.1 Å². The van der Waals surface area contributed by atoms with Crippen LogP contribution in [0.1, 0.15) is 27.0 Å². The molecule has 0 aliphatic heterocycles. The number of carbonyl (C=O) groups excluding carboxylic acids is 1. The quantitative estimate of drug-likeness (QED) is 0.292. The summed E-state index contributed by atoms with van der Waals surface area (Å²) < 4.78 is 0. The van der Waals surface area contributed by atoms with Gasteiger partial charge in [0, 0.05) is 5.56 Å². The molecule has 0 fully saturated rings. The lowest BCUT2D eigenvalue weighted by Crippen LogP contribution is -2.19. The number of benzene rings is 1. The fourth-order valence-corrected chi connectivity index (χ4v) is 1.88. The summed E-state index contributed by atoms with van der Waals surface area (Å²) in [6.07, 6.45) is 1.37. The van der Waals surface area contributed by atoms with Gasteiger partial charge < -0.3 is 16.3 Å². The van der Waals surface area contributed by atoms with E-state index in [4.69, 9.17) is 10.9 Å². The Labute approximate surface area is 115 Å². The maximum absolute atomic E-state index is 12.2. The molecule has 7 nitrogen and oxygen atoms in total. The summed E-state index contributed by atoms with van der Waals surface area (Å²) in [4.78, 5) is 12.2. The number of hydrogen-bond donors (Lipinski definition) is 4. The predicted molar refractivity (Wildman–Crippen MR) is 75.0 cm³/mol. The largest absolute Gasteiger partial charge is 0.409 e. The van der Waals surface area contributed by atoms with Gasteiger partial charge in [-0.25, -0.2) is 0 Å². The van der Waals surface area contributed by atoms with Gasteiger partial charge in [0.15, 0.2) is 5.84 Å². The standard InChI is InChI=1S/C13H15N5O2/c1-7-3-4-9(8(2)5-7)13(19)16-12-10(6-15-17-12)11(14)18-20/h3-6,20H,1-2H3,(H2,14,18)(H2,15,16,17,19). The van der Waals surface area contributed by atoms with Crippen LogP contribution in [0, 0.1) is 13.8 Å². The second-order valence-electron chi connectivity index (χ2n) is 4.42. The van der Waals surface area contributed by atoms with Crippen molar-refractivity contribution in [3.8, 4) is 0 Å². The summed E-state index contributed by atoms with van der Waals surface area (Å²) in [5, 5.41) is 20.6. The van der Waals surface area contributed by atoms with Gasteiger partial charge in [-0.3, -0.25) is 9.89 Å². The van der Waals surface area contributed by atoms with Gasteiger partial charge in [0.25, 0.3) is 5.91 Å². The fraction of sp³-hybridized carbons (Fsp3) is 0.154. The van der Waals surface area contributed by atoms with E-state index in [9.17, 15) is 4.79 Å². The molecule has 0 saturated heterocycles. The maximum atomic E-state index is 12.2. The van der Waals surface area contributed by atoms with E-state index >= 15 is 0 Å². The fourth-order valence-electron chi connectivity index (χ4n) is 1.88. The van der Waals surface area contributed by atoms with Gasteiger partial charge in [-0.1, -0.05) is 22.9 Å². The second-order valence-corrected chi connectivity index (χ2v) is 4.42. The van der Waals surface area contributed by atoms with Crippen LogP contribution in [-0.2, 0) is 0 Å². The minimum absolute atomic E-state index is 0.130. The Hall–Kier alpha value is -2.83. The first-order valence-corrected chi connectivity index (χ1v) is 5.92. The summed E-state index contributed by atoms with van der Waals surface area (Å²) in [6, 6.07) is 5.53. The van der Waals surface area contributed by atoms with Gasteiger partial charge >= 0.3 is 0 Å². The average molecular weight is 273 g/mol. The lowest BCUT2D eigenvalue weighted by molar-refractivity contribution is 0.102. The number of H-pyrrole nitrogens is 1. The number of anilines is 1. The Balaban J connectivity index is 2.26. The molecule has 0 aliphatic carbocycles. The van der Waals surface area contributed by atoms with Crippen LogP contribution in [0.4, 0.5) is 5.82 Å². The van der Waals surface area contributed by atoms with Gasteiger partial charge in [-0.2, -0.15) is 5.10 Å². The third-order valence-electron chi connectivity index (χ3n) is 2.89. The van der Waals surface area contributed by atoms with Gasteiger partial charge in [-0.15, -0.1) is 0 Å². The summed E-state index contributed by atoms with van der Waals surface area (Å²) in [5.41, 5.74) is 8.32. The van der Waals surface area contributed by atoms with Crippen LogP contribution >= 0.6 is 0 Å². The molecule has 0 atom stereocenters. The first kappa shape index (κ1) is 13.6. The van der Waals surface area contributed by atoms with E-state index in [0.717, 1.165) is 11.1 Å². The first-order valence-electron chi connectivity index (χ1n) is 5.92. The lowest BCUT2D eigenvalue weighted by atomic mass is 10.1. The van der Waals surface area contributed by atoms with Crippen molar-refractivity contribution in [2.75, 3.05) is 5.32 Å².